The summed E-state index contributed by atoms with van der Waals surface area (Å²) >= 11 is 0. The maximum absolute atomic E-state index is 13.3. The predicted molar refractivity (Wildman–Crippen MR) is 144 cm³/mol. The first-order valence-electron chi connectivity index (χ1n) is 13.7. The molecule has 3 N–H and O–H groups in total. The number of aliphatic hydroxyl groups is 1. The van der Waals surface area contributed by atoms with E-state index in [2.05, 4.69) is 20.5 Å². The Kier molecular flexibility index (Phi) is 6.37. The van der Waals surface area contributed by atoms with Gasteiger partial charge in [-0.2, -0.15) is 4.98 Å². The predicted octanol–water partition coefficient (Wildman–Crippen LogP) is 3.38. The number of aliphatic hydroxyl groups excluding tert-OH is 1. The van der Waals surface area contributed by atoms with Gasteiger partial charge in [0.2, 0.25) is 11.9 Å². The standard InChI is InChI=1S/C28H36N6O4/c1-33-22-15-29-27(32-24(22)34(19-5-3-4-6-19)16-28(11-12-28)26(33)37)31-21-10-7-17(13-23(21)38-2)25(36)30-18-8-9-20(35)14-18/h7,10,13,15,18-20,35H,3-6,8-9,11-12,14,16H2,1-2H3,(H,30,36)(H,29,31,32). The zero-order valence-electron chi connectivity index (χ0n) is 22.1. The van der Waals surface area contributed by atoms with Gasteiger partial charge in [0.1, 0.15) is 11.4 Å². The highest BCUT2D eigenvalue weighted by molar-refractivity contribution is 6.03. The Morgan fingerprint density at radius 1 is 1.18 bits per heavy atom. The van der Waals surface area contributed by atoms with E-state index in [1.807, 2.05) is 7.05 Å². The second-order valence-corrected chi connectivity index (χ2v) is 11.3. The lowest BCUT2D eigenvalue weighted by Crippen LogP contribution is -2.41. The Morgan fingerprint density at radius 3 is 2.66 bits per heavy atom. The van der Waals surface area contributed by atoms with Crippen molar-refractivity contribution in [2.45, 2.75) is 76.0 Å². The summed E-state index contributed by atoms with van der Waals surface area (Å²) in [5, 5.41) is 16.0. The van der Waals surface area contributed by atoms with Crippen LogP contribution in [0.4, 0.5) is 23.1 Å². The van der Waals surface area contributed by atoms with E-state index in [-0.39, 0.29) is 29.4 Å². The molecule has 4 aliphatic rings. The molecule has 1 aromatic carbocycles. The number of fused-ring (bicyclic) bond motifs is 1. The average molecular weight is 521 g/mol. The molecule has 0 radical (unpaired) electrons. The van der Waals surface area contributed by atoms with E-state index < -0.39 is 0 Å². The van der Waals surface area contributed by atoms with Crippen LogP contribution in [0.1, 0.15) is 68.1 Å². The number of nitrogens with zero attached hydrogens (tertiary/aromatic N) is 4. The van der Waals surface area contributed by atoms with E-state index in [4.69, 9.17) is 9.72 Å². The van der Waals surface area contributed by atoms with Crippen LogP contribution in [0.3, 0.4) is 0 Å². The van der Waals surface area contributed by atoms with E-state index in [1.165, 1.54) is 12.8 Å². The Hall–Kier alpha value is -3.40. The minimum Gasteiger partial charge on any atom is -0.495 e. The van der Waals surface area contributed by atoms with Crippen LogP contribution in [-0.2, 0) is 4.79 Å². The SMILES string of the molecule is COc1cc(C(=O)NC2CCC(O)C2)ccc1Nc1ncc2c(n1)N(C1CCCC1)CC1(CC1)C(=O)N2C. The van der Waals surface area contributed by atoms with Crippen LogP contribution < -0.4 is 25.2 Å². The van der Waals surface area contributed by atoms with Gasteiger partial charge in [0.25, 0.3) is 5.91 Å². The van der Waals surface area contributed by atoms with Gasteiger partial charge in [-0.3, -0.25) is 9.59 Å². The van der Waals surface area contributed by atoms with Gasteiger partial charge in [0.05, 0.1) is 30.5 Å². The number of carbonyl (C=O) groups excluding carboxylic acids is 2. The number of benzene rings is 1. The van der Waals surface area contributed by atoms with Crippen molar-refractivity contribution in [2.75, 3.05) is 35.8 Å². The molecule has 38 heavy (non-hydrogen) atoms. The number of nitrogens with one attached hydrogen (secondary N) is 2. The first kappa shape index (κ1) is 24.9. The molecular weight excluding hydrogens is 484 g/mol. The van der Waals surface area contributed by atoms with Gasteiger partial charge >= 0.3 is 0 Å². The number of rotatable bonds is 6. The van der Waals surface area contributed by atoms with Crippen molar-refractivity contribution in [3.8, 4) is 5.75 Å². The molecule has 202 valence electrons. The van der Waals surface area contributed by atoms with Crippen LogP contribution >= 0.6 is 0 Å². The summed E-state index contributed by atoms with van der Waals surface area (Å²) in [5.74, 6) is 1.67. The first-order chi connectivity index (χ1) is 18.4. The average Bonchev–Trinajstić information content (AvgIpc) is 3.30. The van der Waals surface area contributed by atoms with Crippen LogP contribution in [0.2, 0.25) is 0 Å². The number of amides is 2. The van der Waals surface area contributed by atoms with E-state index in [9.17, 15) is 14.7 Å². The van der Waals surface area contributed by atoms with Crippen molar-refractivity contribution in [3.05, 3.63) is 30.0 Å². The van der Waals surface area contributed by atoms with Crippen LogP contribution in [-0.4, -0.2) is 65.8 Å². The maximum Gasteiger partial charge on any atom is 0.251 e. The summed E-state index contributed by atoms with van der Waals surface area (Å²) in [6.45, 7) is 0.704. The van der Waals surface area contributed by atoms with E-state index in [0.717, 1.165) is 43.6 Å². The monoisotopic (exact) mass is 520 g/mol. The van der Waals surface area contributed by atoms with Gasteiger partial charge < -0.3 is 30.3 Å². The van der Waals surface area contributed by atoms with Gasteiger partial charge in [-0.15, -0.1) is 0 Å². The Bertz CT molecular complexity index is 1240. The van der Waals surface area contributed by atoms with E-state index in [1.54, 1.807) is 36.4 Å². The molecular formula is C28H36N6O4. The van der Waals surface area contributed by atoms with Crippen LogP contribution in [0.5, 0.6) is 5.75 Å². The summed E-state index contributed by atoms with van der Waals surface area (Å²) in [7, 11) is 3.39. The van der Waals surface area contributed by atoms with Crippen molar-refractivity contribution < 1.29 is 19.4 Å². The van der Waals surface area contributed by atoms with E-state index >= 15 is 0 Å². The topological polar surface area (TPSA) is 120 Å². The van der Waals surface area contributed by atoms with E-state index in [0.29, 0.717) is 48.4 Å². The molecule has 3 aliphatic carbocycles. The summed E-state index contributed by atoms with van der Waals surface area (Å²) in [6.07, 6.45) is 9.90. The molecule has 3 saturated carbocycles. The molecule has 2 atom stereocenters. The molecule has 2 amide bonds. The number of carbonyl (C=O) groups is 2. The molecule has 6 rings (SSSR count). The number of hydrogen-bond donors (Lipinski definition) is 3. The zero-order valence-corrected chi connectivity index (χ0v) is 22.1. The quantitative estimate of drug-likeness (QED) is 0.530. The maximum atomic E-state index is 13.3. The molecule has 2 aromatic rings. The fourth-order valence-electron chi connectivity index (χ4n) is 6.26. The summed E-state index contributed by atoms with van der Waals surface area (Å²) in [5.41, 5.74) is 1.57. The van der Waals surface area contributed by atoms with Crippen LogP contribution in [0.15, 0.2) is 24.4 Å². The minimum atomic E-state index is -0.348. The highest BCUT2D eigenvalue weighted by atomic mass is 16.5. The highest BCUT2D eigenvalue weighted by Gasteiger charge is 2.55. The number of hydrogen-bond acceptors (Lipinski definition) is 8. The van der Waals surface area contributed by atoms with Gasteiger partial charge in [0, 0.05) is 31.2 Å². The van der Waals surface area contributed by atoms with Gasteiger partial charge in [-0.1, -0.05) is 12.8 Å². The normalized spacial score (nSPS) is 24.3. The van der Waals surface area contributed by atoms with Gasteiger partial charge in [-0.25, -0.2) is 4.98 Å². The molecule has 1 spiro atoms. The Morgan fingerprint density at radius 2 is 1.97 bits per heavy atom. The molecule has 10 nitrogen and oxygen atoms in total. The number of aromatic nitrogens is 2. The number of anilines is 4. The van der Waals surface area contributed by atoms with Crippen molar-refractivity contribution >= 4 is 35.0 Å². The summed E-state index contributed by atoms with van der Waals surface area (Å²) in [6, 6.07) is 5.58. The van der Waals surface area contributed by atoms with Crippen molar-refractivity contribution in [1.29, 1.82) is 0 Å². The molecule has 2 heterocycles. The first-order valence-corrected chi connectivity index (χ1v) is 13.7. The third-order valence-corrected chi connectivity index (χ3v) is 8.68. The largest absolute Gasteiger partial charge is 0.495 e. The lowest BCUT2D eigenvalue weighted by Gasteiger charge is -2.31. The van der Waals surface area contributed by atoms with Gasteiger partial charge in [-0.05, 0) is 63.1 Å². The molecule has 1 aliphatic heterocycles. The summed E-state index contributed by atoms with van der Waals surface area (Å²) in [4.78, 5) is 39.6. The summed E-state index contributed by atoms with van der Waals surface area (Å²) < 4.78 is 5.60. The minimum absolute atomic E-state index is 0.0168. The fourth-order valence-corrected chi connectivity index (χ4v) is 6.26. The van der Waals surface area contributed by atoms with Crippen molar-refractivity contribution in [2.24, 2.45) is 5.41 Å². The smallest absolute Gasteiger partial charge is 0.251 e. The molecule has 0 bridgehead atoms. The Labute approximate surface area is 222 Å². The molecule has 3 fully saturated rings. The second kappa shape index (κ2) is 9.72. The second-order valence-electron chi connectivity index (χ2n) is 11.3. The zero-order chi connectivity index (χ0) is 26.4. The number of methoxy groups -OCH3 is 1. The molecule has 10 heteroatoms. The third kappa shape index (κ3) is 4.55. The fraction of sp³-hybridized carbons (Fsp3) is 0.571. The van der Waals surface area contributed by atoms with Crippen LogP contribution in [0.25, 0.3) is 0 Å². The van der Waals surface area contributed by atoms with Gasteiger partial charge in [0.15, 0.2) is 5.82 Å². The van der Waals surface area contributed by atoms with Crippen molar-refractivity contribution in [3.63, 3.8) is 0 Å². The molecule has 2 unspecified atom stereocenters. The number of ether oxygens (including phenoxy) is 1. The lowest BCUT2D eigenvalue weighted by atomic mass is 10.0. The molecule has 0 saturated heterocycles. The van der Waals surface area contributed by atoms with Crippen LogP contribution in [0, 0.1) is 5.41 Å². The highest BCUT2D eigenvalue weighted by Crippen LogP contribution is 2.52. The molecule has 1 aromatic heterocycles. The van der Waals surface area contributed by atoms with Crippen molar-refractivity contribution in [1.82, 2.24) is 15.3 Å². The third-order valence-electron chi connectivity index (χ3n) is 8.68. The lowest BCUT2D eigenvalue weighted by molar-refractivity contribution is -0.122. The Balaban J connectivity index is 1.26.